The number of hydrogen-bond acceptors (Lipinski definition) is 2. The van der Waals surface area contributed by atoms with Crippen molar-refractivity contribution in [2.75, 3.05) is 13.6 Å². The summed E-state index contributed by atoms with van der Waals surface area (Å²) in [7, 11) is 2.20. The summed E-state index contributed by atoms with van der Waals surface area (Å²) in [5.74, 6) is 0. The van der Waals surface area contributed by atoms with E-state index in [2.05, 4.69) is 37.9 Å². The van der Waals surface area contributed by atoms with E-state index in [4.69, 9.17) is 17.3 Å². The summed E-state index contributed by atoms with van der Waals surface area (Å²) in [5.41, 5.74) is 8.02. The average Bonchev–Trinajstić information content (AvgIpc) is 2.39. The van der Waals surface area contributed by atoms with Crippen LogP contribution in [0.15, 0.2) is 24.3 Å². The number of nitrogens with zero attached hydrogens (tertiary/aromatic N) is 1. The summed E-state index contributed by atoms with van der Waals surface area (Å²) in [6.07, 6.45) is 4.88. The summed E-state index contributed by atoms with van der Waals surface area (Å²) in [5, 5.41) is 0.808. The van der Waals surface area contributed by atoms with Crippen LogP contribution in [0.2, 0.25) is 5.02 Å². The van der Waals surface area contributed by atoms with E-state index < -0.39 is 0 Å². The van der Waals surface area contributed by atoms with Gasteiger partial charge in [-0.1, -0.05) is 37.6 Å². The summed E-state index contributed by atoms with van der Waals surface area (Å²) in [6.45, 7) is 6.38. The Morgan fingerprint density at radius 3 is 2.40 bits per heavy atom. The summed E-state index contributed by atoms with van der Waals surface area (Å²) < 4.78 is 0. The highest BCUT2D eigenvalue weighted by Gasteiger charge is 2.40. The Balaban J connectivity index is 2.08. The Bertz CT molecular complexity index is 446. The van der Waals surface area contributed by atoms with Gasteiger partial charge >= 0.3 is 0 Å². The zero-order valence-electron chi connectivity index (χ0n) is 13.0. The third-order valence-electron chi connectivity index (χ3n) is 5.03. The van der Waals surface area contributed by atoms with Crippen LogP contribution < -0.4 is 5.73 Å². The molecule has 2 rings (SSSR count). The van der Waals surface area contributed by atoms with Gasteiger partial charge in [0.2, 0.25) is 0 Å². The standard InChI is InChI=1S/C17H27ClN2/c1-16(2)7-9-17(13-19,10-8-16)20(3)12-14-5-4-6-15(18)11-14/h4-6,11H,7-10,12-13,19H2,1-3H3. The van der Waals surface area contributed by atoms with E-state index in [0.717, 1.165) is 18.1 Å². The first-order chi connectivity index (χ1) is 9.37. The molecule has 3 heteroatoms. The first kappa shape index (κ1) is 15.8. The van der Waals surface area contributed by atoms with Gasteiger partial charge in [-0.05, 0) is 55.8 Å². The summed E-state index contributed by atoms with van der Waals surface area (Å²) in [4.78, 5) is 2.44. The Morgan fingerprint density at radius 2 is 1.85 bits per heavy atom. The molecule has 1 aromatic rings. The highest BCUT2D eigenvalue weighted by atomic mass is 35.5. The Labute approximate surface area is 128 Å². The highest BCUT2D eigenvalue weighted by Crippen LogP contribution is 2.42. The maximum Gasteiger partial charge on any atom is 0.0409 e. The normalized spacial score (nSPS) is 21.1. The quantitative estimate of drug-likeness (QED) is 0.907. The van der Waals surface area contributed by atoms with Crippen molar-refractivity contribution in [1.82, 2.24) is 4.90 Å². The molecule has 0 bridgehead atoms. The van der Waals surface area contributed by atoms with Gasteiger partial charge in [0.1, 0.15) is 0 Å². The van der Waals surface area contributed by atoms with Crippen LogP contribution >= 0.6 is 11.6 Å². The van der Waals surface area contributed by atoms with Crippen LogP contribution in [-0.2, 0) is 6.54 Å². The molecule has 2 N–H and O–H groups in total. The molecule has 0 aromatic heterocycles. The van der Waals surface area contributed by atoms with E-state index in [1.807, 2.05) is 12.1 Å². The van der Waals surface area contributed by atoms with Crippen molar-refractivity contribution in [1.29, 1.82) is 0 Å². The lowest BCUT2D eigenvalue weighted by atomic mass is 9.68. The molecule has 112 valence electrons. The fourth-order valence-corrected chi connectivity index (χ4v) is 3.42. The zero-order valence-corrected chi connectivity index (χ0v) is 13.7. The molecule has 0 unspecified atom stereocenters. The molecule has 20 heavy (non-hydrogen) atoms. The minimum Gasteiger partial charge on any atom is -0.329 e. The topological polar surface area (TPSA) is 29.3 Å². The second-order valence-electron chi connectivity index (χ2n) is 7.08. The monoisotopic (exact) mass is 294 g/mol. The highest BCUT2D eigenvalue weighted by molar-refractivity contribution is 6.30. The number of hydrogen-bond donors (Lipinski definition) is 1. The molecule has 0 amide bonds. The van der Waals surface area contributed by atoms with E-state index >= 15 is 0 Å². The molecule has 0 heterocycles. The number of benzene rings is 1. The van der Waals surface area contributed by atoms with Gasteiger partial charge in [0.05, 0.1) is 0 Å². The molecule has 0 spiro atoms. The molecular formula is C17H27ClN2. The first-order valence-electron chi connectivity index (χ1n) is 7.53. The van der Waals surface area contributed by atoms with Crippen LogP contribution in [0.25, 0.3) is 0 Å². The predicted octanol–water partition coefficient (Wildman–Crippen LogP) is 4.07. The molecule has 0 radical (unpaired) electrons. The van der Waals surface area contributed by atoms with Crippen LogP contribution in [-0.4, -0.2) is 24.0 Å². The number of likely N-dealkylation sites (N-methyl/N-ethyl adjacent to an activating group) is 1. The lowest BCUT2D eigenvalue weighted by Gasteiger charge is -2.48. The van der Waals surface area contributed by atoms with Crippen LogP contribution in [0.4, 0.5) is 0 Å². The third-order valence-corrected chi connectivity index (χ3v) is 5.27. The molecule has 2 nitrogen and oxygen atoms in total. The summed E-state index contributed by atoms with van der Waals surface area (Å²) >= 11 is 6.08. The largest absolute Gasteiger partial charge is 0.329 e. The molecule has 0 saturated heterocycles. The van der Waals surface area contributed by atoms with Crippen molar-refractivity contribution in [2.45, 2.75) is 51.6 Å². The van der Waals surface area contributed by atoms with Gasteiger partial charge in [0.15, 0.2) is 0 Å². The average molecular weight is 295 g/mol. The number of rotatable bonds is 4. The van der Waals surface area contributed by atoms with Gasteiger partial charge in [0, 0.05) is 23.7 Å². The van der Waals surface area contributed by atoms with Crippen molar-refractivity contribution in [3.63, 3.8) is 0 Å². The van der Waals surface area contributed by atoms with Gasteiger partial charge in [0.25, 0.3) is 0 Å². The maximum atomic E-state index is 6.14. The second kappa shape index (κ2) is 6.05. The number of halogens is 1. The van der Waals surface area contributed by atoms with Crippen LogP contribution in [0.1, 0.15) is 45.1 Å². The Kier molecular flexibility index (Phi) is 4.78. The lowest BCUT2D eigenvalue weighted by Crippen LogP contribution is -2.54. The van der Waals surface area contributed by atoms with E-state index in [9.17, 15) is 0 Å². The van der Waals surface area contributed by atoms with Crippen molar-refractivity contribution in [2.24, 2.45) is 11.1 Å². The van der Waals surface area contributed by atoms with Crippen LogP contribution in [0.5, 0.6) is 0 Å². The summed E-state index contributed by atoms with van der Waals surface area (Å²) in [6, 6.07) is 8.13. The smallest absolute Gasteiger partial charge is 0.0409 e. The zero-order chi connectivity index (χ0) is 14.8. The predicted molar refractivity (Wildman–Crippen MR) is 87.0 cm³/mol. The van der Waals surface area contributed by atoms with E-state index in [1.54, 1.807) is 0 Å². The van der Waals surface area contributed by atoms with Crippen LogP contribution in [0, 0.1) is 5.41 Å². The van der Waals surface area contributed by atoms with Crippen LogP contribution in [0.3, 0.4) is 0 Å². The van der Waals surface area contributed by atoms with Crippen molar-refractivity contribution in [3.8, 4) is 0 Å². The SMILES string of the molecule is CN(Cc1cccc(Cl)c1)C1(CN)CCC(C)(C)CC1. The molecular weight excluding hydrogens is 268 g/mol. The molecule has 0 aliphatic heterocycles. The first-order valence-corrected chi connectivity index (χ1v) is 7.90. The molecule has 1 fully saturated rings. The van der Waals surface area contributed by atoms with Gasteiger partial charge in [-0.3, -0.25) is 4.90 Å². The van der Waals surface area contributed by atoms with E-state index in [1.165, 1.54) is 31.2 Å². The van der Waals surface area contributed by atoms with E-state index in [-0.39, 0.29) is 5.54 Å². The molecule has 1 aromatic carbocycles. The van der Waals surface area contributed by atoms with Gasteiger partial charge < -0.3 is 5.73 Å². The Morgan fingerprint density at radius 1 is 1.20 bits per heavy atom. The third kappa shape index (κ3) is 3.55. The number of nitrogens with two attached hydrogens (primary N) is 1. The lowest BCUT2D eigenvalue weighted by molar-refractivity contribution is 0.0364. The minimum absolute atomic E-state index is 0.151. The fourth-order valence-electron chi connectivity index (χ4n) is 3.21. The molecule has 1 aliphatic rings. The maximum absolute atomic E-state index is 6.14. The van der Waals surface area contributed by atoms with Crippen molar-refractivity contribution >= 4 is 11.6 Å². The minimum atomic E-state index is 0.151. The molecule has 1 aliphatic carbocycles. The van der Waals surface area contributed by atoms with Gasteiger partial charge in [-0.25, -0.2) is 0 Å². The Hall–Kier alpha value is -0.570. The van der Waals surface area contributed by atoms with Crippen molar-refractivity contribution in [3.05, 3.63) is 34.9 Å². The van der Waals surface area contributed by atoms with Gasteiger partial charge in [-0.15, -0.1) is 0 Å². The fraction of sp³-hybridized carbons (Fsp3) is 0.647. The van der Waals surface area contributed by atoms with Gasteiger partial charge in [-0.2, -0.15) is 0 Å². The van der Waals surface area contributed by atoms with Crippen molar-refractivity contribution < 1.29 is 0 Å². The molecule has 0 atom stereocenters. The molecule has 1 saturated carbocycles. The second-order valence-corrected chi connectivity index (χ2v) is 7.52. The van der Waals surface area contributed by atoms with E-state index in [0.29, 0.717) is 5.41 Å².